The van der Waals surface area contributed by atoms with E-state index in [4.69, 9.17) is 14.2 Å². The van der Waals surface area contributed by atoms with Crippen LogP contribution in [0.4, 0.5) is 16.2 Å². The monoisotopic (exact) mass is 819 g/mol. The molecule has 312 valence electrons. The van der Waals surface area contributed by atoms with Gasteiger partial charge in [0, 0.05) is 54.3 Å². The zero-order valence-electron chi connectivity index (χ0n) is 35.8. The van der Waals surface area contributed by atoms with E-state index in [0.29, 0.717) is 64.1 Å². The zero-order valence-corrected chi connectivity index (χ0v) is 36.7. The summed E-state index contributed by atoms with van der Waals surface area (Å²) >= 11 is 0. The van der Waals surface area contributed by atoms with Crippen LogP contribution in [0.2, 0.25) is 0 Å². The predicted octanol–water partition coefficient (Wildman–Crippen LogP) is 9.63. The molecule has 6 rings (SSSR count). The number of carbonyl (C=O) groups is 2. The van der Waals surface area contributed by atoms with Gasteiger partial charge in [0.15, 0.2) is 5.75 Å². The van der Waals surface area contributed by atoms with Crippen LogP contribution < -0.4 is 30.1 Å². The molecule has 0 spiro atoms. The molecular weight excluding hydrogens is 762 g/mol. The number of rotatable bonds is 13. The number of urea groups is 1. The third kappa shape index (κ3) is 10.8. The highest BCUT2D eigenvalue weighted by atomic mass is 31.2. The van der Waals surface area contributed by atoms with Gasteiger partial charge in [-0.3, -0.25) is 9.78 Å². The molecule has 12 heteroatoms. The molecule has 1 aromatic heterocycles. The Bertz CT molecular complexity index is 2360. The van der Waals surface area contributed by atoms with Crippen molar-refractivity contribution in [1.82, 2.24) is 14.8 Å². The lowest BCUT2D eigenvalue weighted by Crippen LogP contribution is -2.33. The summed E-state index contributed by atoms with van der Waals surface area (Å²) < 4.78 is 31.1. The van der Waals surface area contributed by atoms with E-state index >= 15 is 0 Å². The molecule has 0 bridgehead atoms. The second kappa shape index (κ2) is 18.3. The van der Waals surface area contributed by atoms with Crippen molar-refractivity contribution < 1.29 is 28.4 Å². The second-order valence-electron chi connectivity index (χ2n) is 17.0. The minimum absolute atomic E-state index is 0.0292. The summed E-state index contributed by atoms with van der Waals surface area (Å²) in [5.41, 5.74) is 3.95. The number of aromatic nitrogens is 1. The maximum absolute atomic E-state index is 13.6. The van der Waals surface area contributed by atoms with Crippen molar-refractivity contribution in [1.29, 1.82) is 0 Å². The van der Waals surface area contributed by atoms with Crippen molar-refractivity contribution in [2.24, 2.45) is 5.92 Å². The number of piperidine rings is 1. The lowest BCUT2D eigenvalue weighted by atomic mass is 9.86. The number of pyridine rings is 1. The van der Waals surface area contributed by atoms with Crippen LogP contribution in [0.15, 0.2) is 85.1 Å². The number of hydrogen-bond acceptors (Lipinski definition) is 8. The molecule has 0 saturated carbocycles. The van der Waals surface area contributed by atoms with Gasteiger partial charge in [-0.1, -0.05) is 45.0 Å². The maximum Gasteiger partial charge on any atom is 0.323 e. The molecule has 1 saturated heterocycles. The number of nitrogens with one attached hydrogen (secondary N) is 2. The van der Waals surface area contributed by atoms with Gasteiger partial charge in [-0.2, -0.15) is 0 Å². The highest BCUT2D eigenvalue weighted by Crippen LogP contribution is 2.44. The first-order valence-electron chi connectivity index (χ1n) is 20.1. The van der Waals surface area contributed by atoms with Crippen molar-refractivity contribution in [3.63, 3.8) is 0 Å². The molecule has 3 amide bonds. The third-order valence-corrected chi connectivity index (χ3v) is 12.5. The van der Waals surface area contributed by atoms with Crippen molar-refractivity contribution >= 4 is 46.5 Å². The molecule has 1 fully saturated rings. The SMILES string of the molecule is COc1cc(Cc2cc(Oc3ccc(NC(=O)Nc4cc(C(C)(C)C)cc(P(C)(C)=O)c4OC)c4ccccc34)ccn2)cc(C(=O)N(C)CCC2CCN(C)CC2)c1. The highest BCUT2D eigenvalue weighted by molar-refractivity contribution is 7.70. The lowest BCUT2D eigenvalue weighted by molar-refractivity contribution is 0.0779. The number of ether oxygens (including phenoxy) is 3. The average molecular weight is 820 g/mol. The van der Waals surface area contributed by atoms with Crippen LogP contribution in [0.25, 0.3) is 10.8 Å². The summed E-state index contributed by atoms with van der Waals surface area (Å²) in [4.78, 5) is 36.0. The molecule has 2 N–H and O–H groups in total. The lowest BCUT2D eigenvalue weighted by Gasteiger charge is -2.30. The summed E-state index contributed by atoms with van der Waals surface area (Å²) in [5.74, 6) is 2.81. The summed E-state index contributed by atoms with van der Waals surface area (Å²) in [5, 5.41) is 8.11. The summed E-state index contributed by atoms with van der Waals surface area (Å²) in [6.07, 6.45) is 5.52. The Morgan fingerprint density at radius 2 is 1.59 bits per heavy atom. The Labute approximate surface area is 348 Å². The third-order valence-electron chi connectivity index (χ3n) is 11.0. The molecule has 0 radical (unpaired) electrons. The van der Waals surface area contributed by atoms with E-state index < -0.39 is 13.2 Å². The Morgan fingerprint density at radius 3 is 2.27 bits per heavy atom. The molecule has 4 aromatic carbocycles. The van der Waals surface area contributed by atoms with E-state index in [2.05, 4.69) is 48.3 Å². The predicted molar refractivity (Wildman–Crippen MR) is 239 cm³/mol. The van der Waals surface area contributed by atoms with Crippen LogP contribution in [0.3, 0.4) is 0 Å². The van der Waals surface area contributed by atoms with Gasteiger partial charge < -0.3 is 39.2 Å². The molecule has 0 aliphatic carbocycles. The standard InChI is InChI=1S/C47H58N5O6P/c1-47(2,3)34-28-41(44(57-7)43(29-34)59(8,9)55)50-46(54)49-40-14-15-42(39-13-11-10-12-38(39)40)58-36-16-20-48-35(30-36)25-32-24-33(27-37(26-32)56-6)45(53)52(5)23-19-31-17-21-51(4)22-18-31/h10-16,20,24,26-31H,17-19,21-23,25H2,1-9H3,(H2,49,50,54). The average Bonchev–Trinajstić information content (AvgIpc) is 3.20. The van der Waals surface area contributed by atoms with Gasteiger partial charge in [-0.05, 0) is 124 Å². The fraction of sp³-hybridized carbons (Fsp3) is 0.383. The van der Waals surface area contributed by atoms with Crippen LogP contribution in [0.5, 0.6) is 23.0 Å². The second-order valence-corrected chi connectivity index (χ2v) is 20.2. The van der Waals surface area contributed by atoms with Gasteiger partial charge in [0.2, 0.25) is 0 Å². The number of fused-ring (bicyclic) bond motifs is 1. The number of carbonyl (C=O) groups excluding carboxylic acids is 2. The molecule has 11 nitrogen and oxygen atoms in total. The first kappa shape index (κ1) is 43.2. The molecule has 0 unspecified atom stereocenters. The highest BCUT2D eigenvalue weighted by Gasteiger charge is 2.26. The van der Waals surface area contributed by atoms with E-state index in [1.807, 2.05) is 72.6 Å². The van der Waals surface area contributed by atoms with Gasteiger partial charge in [-0.25, -0.2) is 4.79 Å². The molecule has 59 heavy (non-hydrogen) atoms. The van der Waals surface area contributed by atoms with Crippen LogP contribution in [-0.2, 0) is 16.4 Å². The molecule has 2 heterocycles. The van der Waals surface area contributed by atoms with Crippen molar-refractivity contribution in [3.05, 3.63) is 107 Å². The molecule has 0 atom stereocenters. The molecule has 1 aliphatic heterocycles. The van der Waals surface area contributed by atoms with Crippen LogP contribution >= 0.6 is 7.14 Å². The van der Waals surface area contributed by atoms with Gasteiger partial charge in [-0.15, -0.1) is 0 Å². The first-order valence-corrected chi connectivity index (χ1v) is 22.7. The number of methoxy groups -OCH3 is 2. The van der Waals surface area contributed by atoms with Crippen LogP contribution in [0.1, 0.15) is 67.2 Å². The Morgan fingerprint density at radius 1 is 0.881 bits per heavy atom. The fourth-order valence-electron chi connectivity index (χ4n) is 7.50. The summed E-state index contributed by atoms with van der Waals surface area (Å²) in [6, 6.07) is 24.0. The first-order chi connectivity index (χ1) is 28.0. The van der Waals surface area contributed by atoms with E-state index in [9.17, 15) is 14.2 Å². The summed E-state index contributed by atoms with van der Waals surface area (Å²) in [7, 11) is 4.41. The largest absolute Gasteiger partial charge is 0.497 e. The van der Waals surface area contributed by atoms with E-state index in [1.54, 1.807) is 44.8 Å². The minimum atomic E-state index is -2.75. The number of hydrogen-bond donors (Lipinski definition) is 2. The summed E-state index contributed by atoms with van der Waals surface area (Å²) in [6.45, 7) is 12.5. The number of benzene rings is 4. The number of nitrogens with zero attached hydrogens (tertiary/aromatic N) is 3. The van der Waals surface area contributed by atoms with E-state index in [-0.39, 0.29) is 11.3 Å². The van der Waals surface area contributed by atoms with Gasteiger partial charge >= 0.3 is 6.03 Å². The van der Waals surface area contributed by atoms with Crippen molar-refractivity contribution in [2.75, 3.05) is 71.9 Å². The Kier molecular flexibility index (Phi) is 13.4. The van der Waals surface area contributed by atoms with Gasteiger partial charge in [0.1, 0.15) is 24.4 Å². The fourth-order valence-corrected chi connectivity index (χ4v) is 8.66. The molecule has 1 aliphatic rings. The van der Waals surface area contributed by atoms with Crippen LogP contribution in [-0.4, -0.2) is 88.0 Å². The Hall–Kier alpha value is -5.38. The topological polar surface area (TPSA) is 122 Å². The zero-order chi connectivity index (χ0) is 42.5. The quantitative estimate of drug-likeness (QED) is 0.113. The van der Waals surface area contributed by atoms with Crippen molar-refractivity contribution in [2.45, 2.75) is 51.9 Å². The Balaban J connectivity index is 1.17. The number of anilines is 2. The van der Waals surface area contributed by atoms with Crippen LogP contribution in [0, 0.1) is 5.92 Å². The van der Waals surface area contributed by atoms with Crippen molar-refractivity contribution in [3.8, 4) is 23.0 Å². The minimum Gasteiger partial charge on any atom is -0.497 e. The smallest absolute Gasteiger partial charge is 0.323 e. The van der Waals surface area contributed by atoms with E-state index in [1.165, 1.54) is 20.0 Å². The van der Waals surface area contributed by atoms with Gasteiger partial charge in [0.25, 0.3) is 5.91 Å². The number of likely N-dealkylation sites (tertiary alicyclic amines) is 1. The van der Waals surface area contributed by atoms with Gasteiger partial charge in [0.05, 0.1) is 30.9 Å². The maximum atomic E-state index is 13.6. The number of amides is 3. The normalized spacial score (nSPS) is 13.8. The molecular formula is C47H58N5O6P. The van der Waals surface area contributed by atoms with E-state index in [0.717, 1.165) is 47.1 Å². The molecule has 5 aromatic rings.